The molecule has 0 aliphatic carbocycles. The summed E-state index contributed by atoms with van der Waals surface area (Å²) >= 11 is 3.19. The number of nitrogens with one attached hydrogen (secondary N) is 1. The maximum absolute atomic E-state index is 11.4. The monoisotopic (exact) mass is 350 g/mol. The lowest BCUT2D eigenvalue weighted by molar-refractivity contribution is 0.0694. The molecule has 106 valence electrons. The van der Waals surface area contributed by atoms with Crippen molar-refractivity contribution in [2.75, 3.05) is 0 Å². The van der Waals surface area contributed by atoms with Crippen molar-refractivity contribution in [3.63, 3.8) is 0 Å². The molecule has 0 spiro atoms. The van der Waals surface area contributed by atoms with Gasteiger partial charge in [0.05, 0.1) is 0 Å². The van der Waals surface area contributed by atoms with Crippen LogP contribution >= 0.6 is 15.9 Å². The minimum atomic E-state index is -1.13. The second-order valence-corrected chi connectivity index (χ2v) is 4.93. The summed E-state index contributed by atoms with van der Waals surface area (Å²) in [6.45, 7) is 0. The molecule has 1 aromatic carbocycles. The number of halogens is 1. The molecule has 0 atom stereocenters. The summed E-state index contributed by atoms with van der Waals surface area (Å²) in [6.07, 6.45) is 0. The zero-order valence-electron chi connectivity index (χ0n) is 10.3. The van der Waals surface area contributed by atoms with Crippen LogP contribution in [-0.2, 0) is 0 Å². The fourth-order valence-corrected chi connectivity index (χ4v) is 2.07. The molecule has 0 amide bonds. The van der Waals surface area contributed by atoms with E-state index >= 15 is 0 Å². The minimum Gasteiger partial charge on any atom is -0.478 e. The summed E-state index contributed by atoms with van der Waals surface area (Å²) in [7, 11) is 0. The maximum atomic E-state index is 11.4. The second-order valence-electron chi connectivity index (χ2n) is 4.02. The van der Waals surface area contributed by atoms with Gasteiger partial charge in [0.25, 0.3) is 0 Å². The third-order valence-electron chi connectivity index (χ3n) is 2.64. The van der Waals surface area contributed by atoms with Gasteiger partial charge in [-0.25, -0.2) is 14.7 Å². The third kappa shape index (κ3) is 2.50. The highest BCUT2D eigenvalue weighted by Gasteiger charge is 2.14. The Morgan fingerprint density at radius 2 is 2.14 bits per heavy atom. The van der Waals surface area contributed by atoms with E-state index < -0.39 is 11.7 Å². The van der Waals surface area contributed by atoms with Crippen molar-refractivity contribution in [1.29, 1.82) is 0 Å². The van der Waals surface area contributed by atoms with Crippen molar-refractivity contribution >= 4 is 27.5 Å². The molecule has 8 nitrogen and oxygen atoms in total. The number of hydrogen-bond donors (Lipinski definition) is 2. The topological polar surface area (TPSA) is 110 Å². The Hall–Kier alpha value is -2.68. The van der Waals surface area contributed by atoms with Gasteiger partial charge in [-0.3, -0.25) is 0 Å². The fourth-order valence-electron chi connectivity index (χ4n) is 1.71. The van der Waals surface area contributed by atoms with Gasteiger partial charge in [0.15, 0.2) is 5.65 Å². The van der Waals surface area contributed by atoms with Crippen LogP contribution in [0, 0.1) is 0 Å². The largest absolute Gasteiger partial charge is 0.478 e. The number of aromatic carboxylic acids is 1. The molecular formula is C12H7BrN4O4. The number of ether oxygens (including phenoxy) is 1. The Bertz CT molecular complexity index is 902. The molecule has 3 rings (SSSR count). The molecule has 0 saturated heterocycles. The van der Waals surface area contributed by atoms with Crippen molar-refractivity contribution < 1.29 is 14.6 Å². The fraction of sp³-hybridized carbons (Fsp3) is 0. The molecule has 0 aliphatic rings. The molecule has 0 unspecified atom stereocenters. The predicted molar refractivity (Wildman–Crippen MR) is 74.8 cm³/mol. The summed E-state index contributed by atoms with van der Waals surface area (Å²) in [4.78, 5) is 22.6. The highest BCUT2D eigenvalue weighted by atomic mass is 79.9. The normalized spacial score (nSPS) is 10.7. The number of carboxylic acids is 1. The predicted octanol–water partition coefficient (Wildman–Crippen LogP) is 1.67. The number of benzene rings is 1. The van der Waals surface area contributed by atoms with Crippen LogP contribution in [0.15, 0.2) is 39.6 Å². The molecule has 3 aromatic rings. The highest BCUT2D eigenvalue weighted by Crippen LogP contribution is 2.27. The number of fused-ring (bicyclic) bond motifs is 1. The Kier molecular flexibility index (Phi) is 3.18. The first kappa shape index (κ1) is 13.3. The summed E-state index contributed by atoms with van der Waals surface area (Å²) in [5, 5.41) is 19.1. The molecule has 0 radical (unpaired) electrons. The number of carboxylic acid groups (broad SMARTS) is 1. The average Bonchev–Trinajstić information content (AvgIpc) is 2.82. The minimum absolute atomic E-state index is 0.0224. The lowest BCUT2D eigenvalue weighted by atomic mass is 10.2. The first-order valence-corrected chi connectivity index (χ1v) is 6.49. The van der Waals surface area contributed by atoms with Gasteiger partial charge in [-0.15, -0.1) is 5.10 Å². The molecule has 0 saturated carbocycles. The van der Waals surface area contributed by atoms with Crippen LogP contribution in [0.1, 0.15) is 10.4 Å². The Labute approximate surface area is 125 Å². The van der Waals surface area contributed by atoms with E-state index in [-0.39, 0.29) is 17.2 Å². The van der Waals surface area contributed by atoms with Crippen molar-refractivity contribution in [2.45, 2.75) is 0 Å². The first-order chi connectivity index (χ1) is 10.0. The summed E-state index contributed by atoms with van der Waals surface area (Å²) in [5.41, 5.74) is -0.197. The molecule has 2 N–H and O–H groups in total. The van der Waals surface area contributed by atoms with E-state index in [0.717, 1.165) is 4.52 Å². The zero-order chi connectivity index (χ0) is 15.0. The Morgan fingerprint density at radius 3 is 2.90 bits per heavy atom. The summed E-state index contributed by atoms with van der Waals surface area (Å²) in [6, 6.07) is 7.57. The van der Waals surface area contributed by atoms with Gasteiger partial charge < -0.3 is 9.84 Å². The smallest absolute Gasteiger partial charge is 0.364 e. The molecule has 0 bridgehead atoms. The van der Waals surface area contributed by atoms with E-state index in [1.165, 1.54) is 24.3 Å². The lowest BCUT2D eigenvalue weighted by Gasteiger charge is -2.08. The Morgan fingerprint density at radius 1 is 1.33 bits per heavy atom. The van der Waals surface area contributed by atoms with Crippen LogP contribution in [0.3, 0.4) is 0 Å². The second kappa shape index (κ2) is 5.02. The number of hydrogen-bond acceptors (Lipinski definition) is 5. The van der Waals surface area contributed by atoms with Gasteiger partial charge >= 0.3 is 11.7 Å². The van der Waals surface area contributed by atoms with Crippen LogP contribution in [0.2, 0.25) is 0 Å². The maximum Gasteiger partial charge on any atom is 0.364 e. The molecule has 21 heavy (non-hydrogen) atoms. The highest BCUT2D eigenvalue weighted by molar-refractivity contribution is 9.10. The van der Waals surface area contributed by atoms with Crippen LogP contribution in [-0.4, -0.2) is 30.9 Å². The van der Waals surface area contributed by atoms with E-state index in [2.05, 4.69) is 31.2 Å². The summed E-state index contributed by atoms with van der Waals surface area (Å²) in [5.74, 6) is -0.933. The van der Waals surface area contributed by atoms with Gasteiger partial charge in [-0.1, -0.05) is 15.9 Å². The van der Waals surface area contributed by atoms with E-state index in [4.69, 9.17) is 9.84 Å². The number of carbonyl (C=O) groups is 1. The standard InChI is InChI=1S/C12H7BrN4O4/c13-6-1-2-8(7(5-6)11(18)19)21-10-4-3-9-14-15-12(20)17(9)16-10/h1-5H,(H,15,20)(H,18,19). The van der Waals surface area contributed by atoms with Gasteiger partial charge in [0, 0.05) is 10.5 Å². The van der Waals surface area contributed by atoms with Crippen molar-refractivity contribution in [2.24, 2.45) is 0 Å². The quantitative estimate of drug-likeness (QED) is 0.743. The van der Waals surface area contributed by atoms with Crippen molar-refractivity contribution in [1.82, 2.24) is 19.8 Å². The van der Waals surface area contributed by atoms with Crippen LogP contribution in [0.5, 0.6) is 11.6 Å². The van der Waals surface area contributed by atoms with E-state index in [1.807, 2.05) is 0 Å². The zero-order valence-corrected chi connectivity index (χ0v) is 11.9. The van der Waals surface area contributed by atoms with Gasteiger partial charge in [-0.2, -0.15) is 9.61 Å². The molecule has 2 heterocycles. The molecular weight excluding hydrogens is 344 g/mol. The molecule has 0 fully saturated rings. The number of nitrogens with zero attached hydrogens (tertiary/aromatic N) is 3. The number of aromatic nitrogens is 4. The van der Waals surface area contributed by atoms with Crippen LogP contribution in [0.4, 0.5) is 0 Å². The SMILES string of the molecule is O=C(O)c1cc(Br)ccc1Oc1ccc2n[nH]c(=O)n2n1. The van der Waals surface area contributed by atoms with Crippen LogP contribution < -0.4 is 10.4 Å². The van der Waals surface area contributed by atoms with E-state index in [9.17, 15) is 9.59 Å². The molecule has 0 aliphatic heterocycles. The molecule has 2 aromatic heterocycles. The van der Waals surface area contributed by atoms with Crippen molar-refractivity contribution in [3.8, 4) is 11.6 Å². The van der Waals surface area contributed by atoms with Gasteiger partial charge in [-0.05, 0) is 24.3 Å². The van der Waals surface area contributed by atoms with E-state index in [0.29, 0.717) is 10.1 Å². The average molecular weight is 351 g/mol. The number of rotatable bonds is 3. The van der Waals surface area contributed by atoms with Crippen molar-refractivity contribution in [3.05, 3.63) is 50.9 Å². The van der Waals surface area contributed by atoms with Gasteiger partial charge in [0.1, 0.15) is 11.3 Å². The Balaban J connectivity index is 2.04. The van der Waals surface area contributed by atoms with Gasteiger partial charge in [0.2, 0.25) is 5.88 Å². The lowest BCUT2D eigenvalue weighted by Crippen LogP contribution is -2.12. The van der Waals surface area contributed by atoms with Crippen LogP contribution in [0.25, 0.3) is 5.65 Å². The van der Waals surface area contributed by atoms with E-state index in [1.54, 1.807) is 6.07 Å². The number of H-pyrrole nitrogens is 1. The third-order valence-corrected chi connectivity index (χ3v) is 3.13. The first-order valence-electron chi connectivity index (χ1n) is 5.70. The summed E-state index contributed by atoms with van der Waals surface area (Å²) < 4.78 is 7.08. The number of aromatic amines is 1. The molecule has 9 heteroatoms.